The predicted octanol–water partition coefficient (Wildman–Crippen LogP) is 2.59. The summed E-state index contributed by atoms with van der Waals surface area (Å²) in [6, 6.07) is 9.80. The first-order valence-electron chi connectivity index (χ1n) is 10.3. The van der Waals surface area contributed by atoms with Gasteiger partial charge in [0, 0.05) is 31.6 Å². The summed E-state index contributed by atoms with van der Waals surface area (Å²) >= 11 is 0. The van der Waals surface area contributed by atoms with E-state index in [1.807, 2.05) is 0 Å². The van der Waals surface area contributed by atoms with Crippen molar-refractivity contribution in [2.75, 3.05) is 19.6 Å². The Labute approximate surface area is 198 Å². The number of ether oxygens (including phenoxy) is 1. The Morgan fingerprint density at radius 2 is 1.71 bits per heavy atom. The molecule has 0 radical (unpaired) electrons. The van der Waals surface area contributed by atoms with Crippen LogP contribution in [0.2, 0.25) is 0 Å². The first kappa shape index (κ1) is 24.5. The van der Waals surface area contributed by atoms with Crippen molar-refractivity contribution < 1.29 is 41.0 Å². The van der Waals surface area contributed by atoms with E-state index in [1.54, 1.807) is 6.07 Å². The van der Waals surface area contributed by atoms with Gasteiger partial charge >= 0.3 is 12.5 Å². The summed E-state index contributed by atoms with van der Waals surface area (Å²) in [5.41, 5.74) is 1.68. The standard InChI is InChI=1S/C22H20F3N3O6S/c23-22(24,25)34-19-4-2-1-3-14(19)9-18-17-12-27(21(30)31)10-15(17)11-28(18)20(29)13-5-7-16(8-6-13)35(26,32)33/h1-8,18H,9-12H2,(H,30,31)(H2,26,32,33). The zero-order chi connectivity index (χ0) is 25.5. The van der Waals surface area contributed by atoms with E-state index in [4.69, 9.17) is 5.14 Å². The summed E-state index contributed by atoms with van der Waals surface area (Å²) in [5, 5.41) is 14.5. The average Bonchev–Trinajstić information content (AvgIpc) is 3.32. The molecule has 2 aromatic carbocycles. The number of carbonyl (C=O) groups excluding carboxylic acids is 1. The Morgan fingerprint density at radius 3 is 2.31 bits per heavy atom. The molecule has 2 aromatic rings. The smallest absolute Gasteiger partial charge is 0.465 e. The van der Waals surface area contributed by atoms with Gasteiger partial charge in [0.15, 0.2) is 0 Å². The molecule has 0 saturated heterocycles. The van der Waals surface area contributed by atoms with Crippen molar-refractivity contribution in [2.45, 2.75) is 23.7 Å². The van der Waals surface area contributed by atoms with Crippen molar-refractivity contribution in [3.63, 3.8) is 0 Å². The first-order valence-corrected chi connectivity index (χ1v) is 11.8. The maximum Gasteiger partial charge on any atom is 0.573 e. The molecular weight excluding hydrogens is 491 g/mol. The highest BCUT2D eigenvalue weighted by atomic mass is 32.2. The molecule has 0 spiro atoms. The average molecular weight is 511 g/mol. The van der Waals surface area contributed by atoms with E-state index in [1.165, 1.54) is 52.3 Å². The Hall–Kier alpha value is -3.58. The maximum atomic E-state index is 13.3. The van der Waals surface area contributed by atoms with Gasteiger partial charge < -0.3 is 19.6 Å². The van der Waals surface area contributed by atoms with Gasteiger partial charge in [0.05, 0.1) is 10.9 Å². The topological polar surface area (TPSA) is 130 Å². The van der Waals surface area contributed by atoms with E-state index in [9.17, 15) is 36.3 Å². The second-order valence-electron chi connectivity index (χ2n) is 8.15. The molecule has 0 fully saturated rings. The van der Waals surface area contributed by atoms with Gasteiger partial charge in [-0.15, -0.1) is 13.2 Å². The molecule has 0 bridgehead atoms. The molecule has 1 unspecified atom stereocenters. The number of halogens is 3. The third-order valence-corrected chi connectivity index (χ3v) is 6.84. The van der Waals surface area contributed by atoms with E-state index in [0.717, 1.165) is 0 Å². The van der Waals surface area contributed by atoms with Gasteiger partial charge in [0.1, 0.15) is 5.75 Å². The number of benzene rings is 2. The number of alkyl halides is 3. The molecule has 2 heterocycles. The number of para-hydroxylation sites is 1. The molecule has 2 aliphatic rings. The summed E-state index contributed by atoms with van der Waals surface area (Å²) < 4.78 is 65.9. The SMILES string of the molecule is NS(=O)(=O)c1ccc(C(=O)N2CC3=C(CN(C(=O)O)C3)C2Cc2ccccc2OC(F)(F)F)cc1. The molecule has 13 heteroatoms. The van der Waals surface area contributed by atoms with Crippen molar-refractivity contribution in [3.05, 3.63) is 70.8 Å². The van der Waals surface area contributed by atoms with Crippen LogP contribution < -0.4 is 9.88 Å². The van der Waals surface area contributed by atoms with Crippen LogP contribution in [-0.4, -0.2) is 67.4 Å². The minimum atomic E-state index is -4.91. The molecule has 0 saturated carbocycles. The molecule has 1 atom stereocenters. The lowest BCUT2D eigenvalue weighted by Gasteiger charge is -2.30. The van der Waals surface area contributed by atoms with Gasteiger partial charge in [-0.3, -0.25) is 4.79 Å². The molecule has 2 amide bonds. The molecular formula is C22H20F3N3O6S. The van der Waals surface area contributed by atoms with Crippen LogP contribution in [0.4, 0.5) is 18.0 Å². The van der Waals surface area contributed by atoms with Gasteiger partial charge in [-0.05, 0) is 47.0 Å². The van der Waals surface area contributed by atoms with Crippen LogP contribution in [0.3, 0.4) is 0 Å². The van der Waals surface area contributed by atoms with Crippen LogP contribution in [0.5, 0.6) is 5.75 Å². The lowest BCUT2D eigenvalue weighted by Crippen LogP contribution is -2.42. The van der Waals surface area contributed by atoms with Gasteiger partial charge in [-0.25, -0.2) is 18.4 Å². The quantitative estimate of drug-likeness (QED) is 0.594. The number of primary sulfonamides is 1. The van der Waals surface area contributed by atoms with E-state index < -0.39 is 40.2 Å². The zero-order valence-corrected chi connectivity index (χ0v) is 18.8. The Bertz CT molecular complexity index is 1310. The van der Waals surface area contributed by atoms with Crippen LogP contribution in [0.1, 0.15) is 15.9 Å². The van der Waals surface area contributed by atoms with Crippen LogP contribution in [0, 0.1) is 0 Å². The van der Waals surface area contributed by atoms with Crippen molar-refractivity contribution in [3.8, 4) is 5.75 Å². The fourth-order valence-electron chi connectivity index (χ4n) is 4.34. The number of hydrogen-bond donors (Lipinski definition) is 2. The molecule has 2 aliphatic heterocycles. The summed E-state index contributed by atoms with van der Waals surface area (Å²) in [5.74, 6) is -0.895. The number of nitrogens with two attached hydrogens (primary N) is 1. The number of amides is 2. The van der Waals surface area contributed by atoms with E-state index >= 15 is 0 Å². The minimum absolute atomic E-state index is 0.0196. The number of carboxylic acid groups (broad SMARTS) is 1. The van der Waals surface area contributed by atoms with Gasteiger partial charge in [0.2, 0.25) is 10.0 Å². The molecule has 9 nitrogen and oxygen atoms in total. The van der Waals surface area contributed by atoms with Crippen LogP contribution in [0.25, 0.3) is 0 Å². The predicted molar refractivity (Wildman–Crippen MR) is 116 cm³/mol. The fourth-order valence-corrected chi connectivity index (χ4v) is 4.86. The number of rotatable bonds is 5. The monoisotopic (exact) mass is 511 g/mol. The molecule has 186 valence electrons. The summed E-state index contributed by atoms with van der Waals surface area (Å²) in [4.78, 5) is 27.3. The van der Waals surface area contributed by atoms with Gasteiger partial charge in [-0.2, -0.15) is 0 Å². The van der Waals surface area contributed by atoms with Gasteiger partial charge in [0.25, 0.3) is 5.91 Å². The molecule has 0 aliphatic carbocycles. The largest absolute Gasteiger partial charge is 0.573 e. The third-order valence-electron chi connectivity index (χ3n) is 5.91. The summed E-state index contributed by atoms with van der Waals surface area (Å²) in [6.07, 6.45) is -6.10. The Balaban J connectivity index is 1.66. The Morgan fingerprint density at radius 1 is 1.06 bits per heavy atom. The fraction of sp³-hybridized carbons (Fsp3) is 0.273. The van der Waals surface area contributed by atoms with Crippen LogP contribution >= 0.6 is 0 Å². The van der Waals surface area contributed by atoms with Crippen LogP contribution in [-0.2, 0) is 16.4 Å². The lowest BCUT2D eigenvalue weighted by molar-refractivity contribution is -0.274. The highest BCUT2D eigenvalue weighted by Gasteiger charge is 2.42. The second kappa shape index (κ2) is 8.89. The number of hydrogen-bond acceptors (Lipinski definition) is 5. The van der Waals surface area contributed by atoms with Crippen LogP contribution in [0.15, 0.2) is 64.6 Å². The lowest BCUT2D eigenvalue weighted by atomic mass is 9.98. The number of nitrogens with zero attached hydrogens (tertiary/aromatic N) is 2. The second-order valence-corrected chi connectivity index (χ2v) is 9.71. The zero-order valence-electron chi connectivity index (χ0n) is 18.0. The highest BCUT2D eigenvalue weighted by Crippen LogP contribution is 2.36. The normalized spacial score (nSPS) is 18.1. The highest BCUT2D eigenvalue weighted by molar-refractivity contribution is 7.89. The summed E-state index contributed by atoms with van der Waals surface area (Å²) in [7, 11) is -3.96. The van der Waals surface area contributed by atoms with Crippen molar-refractivity contribution >= 4 is 22.0 Å². The van der Waals surface area contributed by atoms with Crippen molar-refractivity contribution in [1.29, 1.82) is 0 Å². The van der Waals surface area contributed by atoms with Gasteiger partial charge in [-0.1, -0.05) is 18.2 Å². The van der Waals surface area contributed by atoms with E-state index in [2.05, 4.69) is 4.74 Å². The van der Waals surface area contributed by atoms with Crippen molar-refractivity contribution in [2.24, 2.45) is 5.14 Å². The minimum Gasteiger partial charge on any atom is -0.465 e. The maximum absolute atomic E-state index is 13.3. The number of carbonyl (C=O) groups is 2. The first-order chi connectivity index (χ1) is 16.3. The number of sulfonamides is 1. The van der Waals surface area contributed by atoms with E-state index in [0.29, 0.717) is 11.1 Å². The Kier molecular flexibility index (Phi) is 6.23. The van der Waals surface area contributed by atoms with E-state index in [-0.39, 0.29) is 42.1 Å². The molecule has 4 rings (SSSR count). The summed E-state index contributed by atoms with van der Waals surface area (Å²) in [6.45, 7) is 0.184. The molecule has 3 N–H and O–H groups in total. The molecule has 35 heavy (non-hydrogen) atoms. The van der Waals surface area contributed by atoms with Crippen molar-refractivity contribution in [1.82, 2.24) is 9.80 Å². The third kappa shape index (κ3) is 5.25. The molecule has 0 aromatic heterocycles.